The highest BCUT2D eigenvalue weighted by molar-refractivity contribution is 6.34. The van der Waals surface area contributed by atoms with Crippen molar-refractivity contribution in [3.8, 4) is 11.6 Å². The minimum atomic E-state index is -0.845. The van der Waals surface area contributed by atoms with Crippen LogP contribution in [-0.2, 0) is 11.2 Å². The second-order valence-electron chi connectivity index (χ2n) is 6.57. The number of carbonyl (C=O) groups is 2. The molecule has 0 aliphatic heterocycles. The van der Waals surface area contributed by atoms with Crippen molar-refractivity contribution in [1.29, 1.82) is 0 Å². The molecule has 2 aromatic carbocycles. The lowest BCUT2D eigenvalue weighted by Crippen LogP contribution is -2.35. The maximum Gasteiger partial charge on any atom is 0.325 e. The van der Waals surface area contributed by atoms with E-state index in [1.807, 2.05) is 0 Å². The van der Waals surface area contributed by atoms with Crippen LogP contribution in [0.3, 0.4) is 0 Å². The SMILES string of the molecule is O=C(Cc1ccc(F)cc1)NC(=O)Nc1ccc(Oc2ncnn3ccc(Cl)c23)c(F)c1. The van der Waals surface area contributed by atoms with Gasteiger partial charge in [0.1, 0.15) is 17.7 Å². The highest BCUT2D eigenvalue weighted by Gasteiger charge is 2.15. The average molecular weight is 458 g/mol. The van der Waals surface area contributed by atoms with Crippen LogP contribution in [0.25, 0.3) is 5.52 Å². The standard InChI is InChI=1S/C21H14ClF2N5O3/c22-15-7-8-29-19(15)20(25-11-26-29)32-17-6-5-14(10-16(17)24)27-21(31)28-18(30)9-12-1-3-13(23)4-2-12/h1-8,10-11H,9H2,(H2,27,28,30,31). The summed E-state index contributed by atoms with van der Waals surface area (Å²) in [4.78, 5) is 27.9. The first-order valence-electron chi connectivity index (χ1n) is 9.19. The first-order valence-corrected chi connectivity index (χ1v) is 9.57. The van der Waals surface area contributed by atoms with E-state index in [0.717, 1.165) is 6.07 Å². The summed E-state index contributed by atoms with van der Waals surface area (Å²) < 4.78 is 34.4. The number of anilines is 1. The topological polar surface area (TPSA) is 97.6 Å². The summed E-state index contributed by atoms with van der Waals surface area (Å²) in [5.74, 6) is -1.91. The van der Waals surface area contributed by atoms with E-state index in [2.05, 4.69) is 20.7 Å². The van der Waals surface area contributed by atoms with E-state index in [1.165, 1.54) is 47.2 Å². The Balaban J connectivity index is 1.39. The number of hydrogen-bond acceptors (Lipinski definition) is 5. The Morgan fingerprint density at radius 2 is 1.88 bits per heavy atom. The van der Waals surface area contributed by atoms with Gasteiger partial charge in [-0.3, -0.25) is 10.1 Å². The first kappa shape index (κ1) is 21.2. The lowest BCUT2D eigenvalue weighted by atomic mass is 10.1. The van der Waals surface area contributed by atoms with E-state index in [0.29, 0.717) is 16.1 Å². The number of ether oxygens (including phenoxy) is 1. The Hall–Kier alpha value is -4.05. The number of carbonyl (C=O) groups excluding carboxylic acids is 2. The second-order valence-corrected chi connectivity index (χ2v) is 6.98. The number of nitrogens with one attached hydrogen (secondary N) is 2. The number of urea groups is 1. The number of amides is 3. The zero-order valence-corrected chi connectivity index (χ0v) is 16.9. The number of hydrogen-bond donors (Lipinski definition) is 2. The summed E-state index contributed by atoms with van der Waals surface area (Å²) in [6, 6.07) is 9.76. The highest BCUT2D eigenvalue weighted by atomic mass is 35.5. The van der Waals surface area contributed by atoms with Crippen LogP contribution in [0.4, 0.5) is 19.3 Å². The summed E-state index contributed by atoms with van der Waals surface area (Å²) >= 11 is 6.09. The average Bonchev–Trinajstić information content (AvgIpc) is 3.13. The molecule has 0 saturated carbocycles. The van der Waals surface area contributed by atoms with Crippen molar-refractivity contribution in [2.45, 2.75) is 6.42 Å². The molecule has 0 spiro atoms. The molecule has 0 saturated heterocycles. The van der Waals surface area contributed by atoms with Crippen LogP contribution in [-0.4, -0.2) is 26.5 Å². The number of imide groups is 1. The molecule has 4 rings (SSSR count). The number of halogens is 3. The van der Waals surface area contributed by atoms with Gasteiger partial charge in [-0.25, -0.2) is 18.1 Å². The monoisotopic (exact) mass is 457 g/mol. The lowest BCUT2D eigenvalue weighted by molar-refractivity contribution is -0.119. The predicted octanol–water partition coefficient (Wildman–Crippen LogP) is 4.34. The van der Waals surface area contributed by atoms with Gasteiger partial charge in [0, 0.05) is 18.0 Å². The fraction of sp³-hybridized carbons (Fsp3) is 0.0476. The van der Waals surface area contributed by atoms with Gasteiger partial charge in [0.15, 0.2) is 11.6 Å². The van der Waals surface area contributed by atoms with Crippen LogP contribution < -0.4 is 15.4 Å². The van der Waals surface area contributed by atoms with Gasteiger partial charge >= 0.3 is 6.03 Å². The molecule has 0 fully saturated rings. The van der Waals surface area contributed by atoms with Crippen LogP contribution in [0.1, 0.15) is 5.56 Å². The molecule has 11 heteroatoms. The normalized spacial score (nSPS) is 10.7. The predicted molar refractivity (Wildman–Crippen MR) is 112 cm³/mol. The van der Waals surface area contributed by atoms with Crippen molar-refractivity contribution >= 4 is 34.7 Å². The summed E-state index contributed by atoms with van der Waals surface area (Å²) in [5.41, 5.74) is 0.997. The molecule has 2 N–H and O–H groups in total. The molecular formula is C21H14ClF2N5O3. The number of nitrogens with zero attached hydrogens (tertiary/aromatic N) is 3. The Morgan fingerprint density at radius 1 is 1.09 bits per heavy atom. The molecule has 32 heavy (non-hydrogen) atoms. The van der Waals surface area contributed by atoms with E-state index < -0.39 is 23.6 Å². The second kappa shape index (κ2) is 8.98. The number of benzene rings is 2. The van der Waals surface area contributed by atoms with Crippen molar-refractivity contribution in [3.63, 3.8) is 0 Å². The number of rotatable bonds is 5. The zero-order chi connectivity index (χ0) is 22.7. The van der Waals surface area contributed by atoms with Crippen LogP contribution in [0, 0.1) is 11.6 Å². The third-order valence-electron chi connectivity index (χ3n) is 4.30. The maximum atomic E-state index is 14.5. The molecule has 3 amide bonds. The molecule has 162 valence electrons. The molecule has 0 unspecified atom stereocenters. The number of aromatic nitrogens is 3. The third kappa shape index (κ3) is 4.81. The van der Waals surface area contributed by atoms with Gasteiger partial charge in [-0.1, -0.05) is 23.7 Å². The smallest absolute Gasteiger partial charge is 0.325 e. The summed E-state index contributed by atoms with van der Waals surface area (Å²) in [5, 5.41) is 8.79. The molecule has 0 aliphatic carbocycles. The number of fused-ring (bicyclic) bond motifs is 1. The minimum absolute atomic E-state index is 0.0544. The molecule has 0 bridgehead atoms. The summed E-state index contributed by atoms with van der Waals surface area (Å²) in [6.45, 7) is 0. The van der Waals surface area contributed by atoms with Gasteiger partial charge in [-0.15, -0.1) is 0 Å². The molecular weight excluding hydrogens is 444 g/mol. The fourth-order valence-electron chi connectivity index (χ4n) is 2.85. The Kier molecular flexibility index (Phi) is 5.95. The van der Waals surface area contributed by atoms with E-state index in [4.69, 9.17) is 16.3 Å². The van der Waals surface area contributed by atoms with Gasteiger partial charge in [0.05, 0.1) is 11.4 Å². The van der Waals surface area contributed by atoms with Crippen molar-refractivity contribution in [3.05, 3.63) is 83.3 Å². The molecule has 0 aliphatic rings. The molecule has 2 heterocycles. The lowest BCUT2D eigenvalue weighted by Gasteiger charge is -2.10. The van der Waals surface area contributed by atoms with Gasteiger partial charge in [0.2, 0.25) is 11.8 Å². The van der Waals surface area contributed by atoms with Gasteiger partial charge in [-0.05, 0) is 35.9 Å². The van der Waals surface area contributed by atoms with Crippen molar-refractivity contribution in [1.82, 2.24) is 19.9 Å². The summed E-state index contributed by atoms with van der Waals surface area (Å²) in [6.07, 6.45) is 2.72. The van der Waals surface area contributed by atoms with Gasteiger partial charge < -0.3 is 10.1 Å². The third-order valence-corrected chi connectivity index (χ3v) is 4.60. The Morgan fingerprint density at radius 3 is 2.62 bits per heavy atom. The molecule has 8 nitrogen and oxygen atoms in total. The first-order chi connectivity index (χ1) is 15.4. The van der Waals surface area contributed by atoms with Gasteiger partial charge in [-0.2, -0.15) is 10.1 Å². The largest absolute Gasteiger partial charge is 0.434 e. The van der Waals surface area contributed by atoms with E-state index in [9.17, 15) is 18.4 Å². The van der Waals surface area contributed by atoms with Crippen molar-refractivity contribution < 1.29 is 23.1 Å². The van der Waals surface area contributed by atoms with E-state index in [1.54, 1.807) is 12.3 Å². The van der Waals surface area contributed by atoms with Crippen LogP contribution in [0.5, 0.6) is 11.6 Å². The molecule has 4 aromatic rings. The van der Waals surface area contributed by atoms with Crippen LogP contribution in [0.2, 0.25) is 5.02 Å². The quantitative estimate of drug-likeness (QED) is 0.464. The fourth-order valence-corrected chi connectivity index (χ4v) is 3.08. The molecule has 2 aromatic heterocycles. The maximum absolute atomic E-state index is 14.5. The molecule has 0 atom stereocenters. The van der Waals surface area contributed by atoms with Crippen molar-refractivity contribution in [2.24, 2.45) is 0 Å². The Bertz CT molecular complexity index is 1310. The molecule has 0 radical (unpaired) electrons. The minimum Gasteiger partial charge on any atom is -0.434 e. The van der Waals surface area contributed by atoms with E-state index >= 15 is 0 Å². The highest BCUT2D eigenvalue weighted by Crippen LogP contribution is 2.31. The zero-order valence-electron chi connectivity index (χ0n) is 16.2. The van der Waals surface area contributed by atoms with Crippen molar-refractivity contribution in [2.75, 3.05) is 5.32 Å². The van der Waals surface area contributed by atoms with Gasteiger partial charge in [0.25, 0.3) is 0 Å². The van der Waals surface area contributed by atoms with Crippen LogP contribution >= 0.6 is 11.6 Å². The van der Waals surface area contributed by atoms with E-state index in [-0.39, 0.29) is 23.7 Å². The Labute approximate surface area is 184 Å². The van der Waals surface area contributed by atoms with Crippen LogP contribution in [0.15, 0.2) is 61.1 Å². The summed E-state index contributed by atoms with van der Waals surface area (Å²) in [7, 11) is 0.